The second kappa shape index (κ2) is 9.81. The summed E-state index contributed by atoms with van der Waals surface area (Å²) in [5.41, 5.74) is -2.99. The molecule has 7 nitrogen and oxygen atoms in total. The molecule has 0 bridgehead atoms. The number of rotatable bonds is 6. The van der Waals surface area contributed by atoms with Gasteiger partial charge < -0.3 is 19.9 Å². The van der Waals surface area contributed by atoms with Crippen LogP contribution < -0.4 is 14.8 Å². The SMILES string of the molecule is COc1cc(C(=O)NC[C@](O)(c2cc3c(c(-c4ccc(F)cc4)n2)OC[C@H]3C)C(F)(F)F)cc2cccnc12. The number of aromatic nitrogens is 2. The number of carbonyl (C=O) groups excluding carboxylic acids is 1. The number of nitrogens with one attached hydrogen (secondary N) is 1. The van der Waals surface area contributed by atoms with Gasteiger partial charge in [-0.05, 0) is 48.5 Å². The second-order valence-electron chi connectivity index (χ2n) is 9.29. The van der Waals surface area contributed by atoms with Crippen molar-refractivity contribution in [1.29, 1.82) is 0 Å². The lowest BCUT2D eigenvalue weighted by molar-refractivity contribution is -0.265. The molecule has 1 aliphatic heterocycles. The van der Waals surface area contributed by atoms with Crippen LogP contribution in [0.1, 0.15) is 34.5 Å². The number of pyridine rings is 2. The maximum atomic E-state index is 14.5. The number of aliphatic hydroxyl groups is 1. The Morgan fingerprint density at radius 3 is 2.62 bits per heavy atom. The first-order valence-corrected chi connectivity index (χ1v) is 12.0. The summed E-state index contributed by atoms with van der Waals surface area (Å²) in [6, 6.07) is 12.3. The van der Waals surface area contributed by atoms with E-state index in [-0.39, 0.29) is 35.3 Å². The third-order valence-electron chi connectivity index (χ3n) is 6.68. The molecular weight excluding hydrogens is 518 g/mol. The molecule has 0 saturated heterocycles. The van der Waals surface area contributed by atoms with E-state index in [9.17, 15) is 27.5 Å². The molecule has 5 rings (SSSR count). The van der Waals surface area contributed by atoms with Gasteiger partial charge >= 0.3 is 6.18 Å². The first kappa shape index (κ1) is 26.4. The molecule has 2 aromatic heterocycles. The molecule has 3 heterocycles. The van der Waals surface area contributed by atoms with E-state index in [1.807, 2.05) is 0 Å². The molecule has 1 aliphatic rings. The van der Waals surface area contributed by atoms with Gasteiger partial charge in [0.15, 0.2) is 0 Å². The normalized spacial score (nSPS) is 16.3. The second-order valence-corrected chi connectivity index (χ2v) is 9.29. The van der Waals surface area contributed by atoms with Gasteiger partial charge in [-0.15, -0.1) is 0 Å². The van der Waals surface area contributed by atoms with E-state index in [1.54, 1.807) is 25.3 Å². The monoisotopic (exact) mass is 541 g/mol. The smallest absolute Gasteiger partial charge is 0.424 e. The molecule has 1 amide bonds. The largest absolute Gasteiger partial charge is 0.494 e. The molecule has 2 atom stereocenters. The van der Waals surface area contributed by atoms with Gasteiger partial charge in [-0.3, -0.25) is 9.78 Å². The Hall–Kier alpha value is -4.25. The van der Waals surface area contributed by atoms with E-state index < -0.39 is 35.7 Å². The third-order valence-corrected chi connectivity index (χ3v) is 6.68. The Morgan fingerprint density at radius 2 is 1.92 bits per heavy atom. The van der Waals surface area contributed by atoms with Gasteiger partial charge in [0.25, 0.3) is 5.91 Å². The number of fused-ring (bicyclic) bond motifs is 2. The van der Waals surface area contributed by atoms with E-state index >= 15 is 0 Å². The summed E-state index contributed by atoms with van der Waals surface area (Å²) in [6.07, 6.45) is -3.67. The molecule has 0 spiro atoms. The zero-order valence-electron chi connectivity index (χ0n) is 20.8. The Bertz CT molecular complexity index is 1560. The summed E-state index contributed by atoms with van der Waals surface area (Å²) >= 11 is 0. The number of hydrogen-bond acceptors (Lipinski definition) is 6. The number of benzene rings is 2. The molecule has 2 aromatic carbocycles. The van der Waals surface area contributed by atoms with Crippen molar-refractivity contribution < 1.29 is 36.9 Å². The average Bonchev–Trinajstić information content (AvgIpc) is 3.30. The minimum atomic E-state index is -5.21. The summed E-state index contributed by atoms with van der Waals surface area (Å²) in [7, 11) is 1.39. The minimum absolute atomic E-state index is 0.0211. The number of hydrogen-bond donors (Lipinski definition) is 2. The summed E-state index contributed by atoms with van der Waals surface area (Å²) in [5, 5.41) is 13.8. The van der Waals surface area contributed by atoms with Crippen LogP contribution in [-0.4, -0.2) is 47.4 Å². The number of alkyl halides is 3. The lowest BCUT2D eigenvalue weighted by atomic mass is 9.92. The highest BCUT2D eigenvalue weighted by Crippen LogP contribution is 2.45. The van der Waals surface area contributed by atoms with Gasteiger partial charge in [-0.1, -0.05) is 13.0 Å². The maximum absolute atomic E-state index is 14.5. The fraction of sp³-hybridized carbons (Fsp3) is 0.250. The van der Waals surface area contributed by atoms with Gasteiger partial charge in [0.05, 0.1) is 26.0 Å². The first-order chi connectivity index (χ1) is 18.5. The van der Waals surface area contributed by atoms with Crippen LogP contribution in [-0.2, 0) is 5.60 Å². The van der Waals surface area contributed by atoms with Crippen molar-refractivity contribution in [3.8, 4) is 22.8 Å². The Kier molecular flexibility index (Phi) is 6.63. The number of carbonyl (C=O) groups is 1. The molecule has 2 N–H and O–H groups in total. The molecule has 0 radical (unpaired) electrons. The molecule has 202 valence electrons. The van der Waals surface area contributed by atoms with Crippen LogP contribution in [0.3, 0.4) is 0 Å². The third kappa shape index (κ3) is 4.74. The molecule has 0 unspecified atom stereocenters. The van der Waals surface area contributed by atoms with E-state index in [4.69, 9.17) is 9.47 Å². The van der Waals surface area contributed by atoms with E-state index in [0.717, 1.165) is 18.2 Å². The maximum Gasteiger partial charge on any atom is 0.424 e. The number of halogens is 4. The van der Waals surface area contributed by atoms with Gasteiger partial charge in [-0.25, -0.2) is 9.37 Å². The molecular formula is C28H23F4N3O4. The Balaban J connectivity index is 1.53. The highest BCUT2D eigenvalue weighted by atomic mass is 19.4. The van der Waals surface area contributed by atoms with E-state index in [2.05, 4.69) is 15.3 Å². The van der Waals surface area contributed by atoms with Crippen LogP contribution in [0.4, 0.5) is 17.6 Å². The molecule has 39 heavy (non-hydrogen) atoms. The highest BCUT2D eigenvalue weighted by molar-refractivity contribution is 5.99. The van der Waals surface area contributed by atoms with Crippen molar-refractivity contribution in [2.45, 2.75) is 24.6 Å². The molecule has 0 fully saturated rings. The van der Waals surface area contributed by atoms with Crippen molar-refractivity contribution in [2.24, 2.45) is 0 Å². The predicted molar refractivity (Wildman–Crippen MR) is 134 cm³/mol. The van der Waals surface area contributed by atoms with Crippen LogP contribution in [0, 0.1) is 5.82 Å². The van der Waals surface area contributed by atoms with Crippen LogP contribution in [0.25, 0.3) is 22.2 Å². The summed E-state index contributed by atoms with van der Waals surface area (Å²) in [4.78, 5) is 21.3. The minimum Gasteiger partial charge on any atom is -0.494 e. The van der Waals surface area contributed by atoms with Gasteiger partial charge in [0, 0.05) is 34.2 Å². The quantitative estimate of drug-likeness (QED) is 0.329. The molecule has 4 aromatic rings. The zero-order chi connectivity index (χ0) is 27.9. The van der Waals surface area contributed by atoms with Crippen molar-refractivity contribution >= 4 is 16.8 Å². The van der Waals surface area contributed by atoms with E-state index in [0.29, 0.717) is 22.0 Å². The Labute approximate surface area is 220 Å². The number of ether oxygens (including phenoxy) is 2. The molecule has 0 saturated carbocycles. The average molecular weight is 542 g/mol. The molecule has 11 heteroatoms. The number of nitrogens with zero attached hydrogens (tertiary/aromatic N) is 2. The number of amides is 1. The van der Waals surface area contributed by atoms with Crippen LogP contribution in [0.15, 0.2) is 60.8 Å². The zero-order valence-corrected chi connectivity index (χ0v) is 20.8. The topological polar surface area (TPSA) is 93.6 Å². The standard InChI is InChI=1S/C28H23F4N3O4/c1-15-13-39-25-20(15)12-22(35-24(25)16-5-7-19(29)8-6-16)27(37,28(30,31)32)14-34-26(36)18-10-17-4-3-9-33-23(17)21(11-18)38-2/h3-12,15,37H,13-14H2,1-2H3,(H,34,36)/t15-,27+/m1/s1. The number of methoxy groups -OCH3 is 1. The molecule has 0 aliphatic carbocycles. The lowest BCUT2D eigenvalue weighted by Gasteiger charge is -2.31. The predicted octanol–water partition coefficient (Wildman–Crippen LogP) is 5.12. The van der Waals surface area contributed by atoms with Crippen molar-refractivity contribution in [2.75, 3.05) is 20.3 Å². The van der Waals surface area contributed by atoms with Crippen LogP contribution in [0.2, 0.25) is 0 Å². The van der Waals surface area contributed by atoms with E-state index in [1.165, 1.54) is 31.4 Å². The van der Waals surface area contributed by atoms with Crippen molar-refractivity contribution in [1.82, 2.24) is 15.3 Å². The van der Waals surface area contributed by atoms with Crippen LogP contribution >= 0.6 is 0 Å². The highest BCUT2D eigenvalue weighted by Gasteiger charge is 2.57. The van der Waals surface area contributed by atoms with Crippen molar-refractivity contribution in [3.05, 3.63) is 83.4 Å². The first-order valence-electron chi connectivity index (χ1n) is 12.0. The van der Waals surface area contributed by atoms with Gasteiger partial charge in [0.2, 0.25) is 5.60 Å². The lowest BCUT2D eigenvalue weighted by Crippen LogP contribution is -2.51. The van der Waals surface area contributed by atoms with Crippen molar-refractivity contribution in [3.63, 3.8) is 0 Å². The Morgan fingerprint density at radius 1 is 1.18 bits per heavy atom. The van der Waals surface area contributed by atoms with Gasteiger partial charge in [0.1, 0.15) is 28.5 Å². The summed E-state index contributed by atoms with van der Waals surface area (Å²) in [5.74, 6) is -1.15. The fourth-order valence-electron chi connectivity index (χ4n) is 4.48. The summed E-state index contributed by atoms with van der Waals surface area (Å²) in [6.45, 7) is 0.752. The summed E-state index contributed by atoms with van der Waals surface area (Å²) < 4.78 is 67.9. The van der Waals surface area contributed by atoms with Crippen LogP contribution in [0.5, 0.6) is 11.5 Å². The van der Waals surface area contributed by atoms with Gasteiger partial charge in [-0.2, -0.15) is 13.2 Å². The fourth-order valence-corrected chi connectivity index (χ4v) is 4.48.